The van der Waals surface area contributed by atoms with Gasteiger partial charge in [0, 0.05) is 5.56 Å². The maximum absolute atomic E-state index is 12.7. The highest BCUT2D eigenvalue weighted by Crippen LogP contribution is 2.40. The second-order valence-electron chi connectivity index (χ2n) is 8.28. The maximum atomic E-state index is 12.7. The molecular weight excluding hydrogens is 422 g/mol. The lowest BCUT2D eigenvalue weighted by atomic mass is 9.83. The fourth-order valence-electron chi connectivity index (χ4n) is 4.06. The van der Waals surface area contributed by atoms with Crippen LogP contribution in [0, 0.1) is 5.92 Å². The van der Waals surface area contributed by atoms with Gasteiger partial charge in [-0.15, -0.1) is 0 Å². The van der Waals surface area contributed by atoms with Gasteiger partial charge >= 0.3 is 5.97 Å². The number of ether oxygens (including phenoxy) is 1. The zero-order valence-corrected chi connectivity index (χ0v) is 19.2. The van der Waals surface area contributed by atoms with Crippen LogP contribution in [0.4, 0.5) is 5.69 Å². The molecule has 7 heteroatoms. The molecule has 6 nitrogen and oxygen atoms in total. The molecule has 32 heavy (non-hydrogen) atoms. The van der Waals surface area contributed by atoms with E-state index in [4.69, 9.17) is 14.7 Å². The van der Waals surface area contributed by atoms with Crippen LogP contribution in [0.25, 0.3) is 0 Å². The first kappa shape index (κ1) is 22.3. The van der Waals surface area contributed by atoms with Crippen molar-refractivity contribution in [2.24, 2.45) is 15.9 Å². The van der Waals surface area contributed by atoms with Crippen molar-refractivity contribution >= 4 is 40.1 Å². The Kier molecular flexibility index (Phi) is 6.74. The molecule has 2 aromatic carbocycles. The lowest BCUT2D eigenvalue weighted by Gasteiger charge is -2.30. The van der Waals surface area contributed by atoms with E-state index in [1.165, 1.54) is 18.9 Å². The Morgan fingerprint density at radius 1 is 1.06 bits per heavy atom. The van der Waals surface area contributed by atoms with Crippen LogP contribution in [0.1, 0.15) is 48.5 Å². The Labute approximate surface area is 192 Å². The number of aliphatic imine (C=N–C) groups is 2. The predicted octanol–water partition coefficient (Wildman–Crippen LogP) is 4.95. The number of carbonyl (C=O) groups excluding carboxylic acids is 2. The zero-order chi connectivity index (χ0) is 22.6. The van der Waals surface area contributed by atoms with Gasteiger partial charge in [-0.25, -0.2) is 9.79 Å². The van der Waals surface area contributed by atoms with Crippen LogP contribution in [0.3, 0.4) is 0 Å². The summed E-state index contributed by atoms with van der Waals surface area (Å²) in [5, 5.41) is 3.63. The van der Waals surface area contributed by atoms with E-state index in [-0.39, 0.29) is 11.7 Å². The number of carbonyl (C=O) groups is 2. The van der Waals surface area contributed by atoms with E-state index < -0.39 is 11.6 Å². The van der Waals surface area contributed by atoms with Crippen molar-refractivity contribution in [3.63, 3.8) is 0 Å². The van der Waals surface area contributed by atoms with Crippen LogP contribution in [-0.2, 0) is 9.53 Å². The Bertz CT molecular complexity index is 1060. The molecule has 0 radical (unpaired) electrons. The molecule has 1 aliphatic heterocycles. The molecule has 1 saturated carbocycles. The Hall–Kier alpha value is -2.93. The standard InChI is InChI=1S/C25H27N3O3S/c1-17-12-14-25(15-13-17)27-22(18-8-4-3-5-9-18)23(28-25)32-16-21(29)26-20-11-7-6-10-19(20)24(30)31-2/h3-11,17H,12-16H2,1-2H3,(H,26,29). The molecule has 0 aromatic heterocycles. The molecule has 1 aliphatic carbocycles. The molecule has 2 aliphatic rings. The second kappa shape index (κ2) is 9.69. The Morgan fingerprint density at radius 2 is 1.75 bits per heavy atom. The summed E-state index contributed by atoms with van der Waals surface area (Å²) in [7, 11) is 1.32. The number of amides is 1. The Balaban J connectivity index is 1.49. The highest BCUT2D eigenvalue weighted by molar-refractivity contribution is 8.16. The third kappa shape index (κ3) is 4.93. The molecular formula is C25H27N3O3S. The first-order valence-electron chi connectivity index (χ1n) is 10.9. The van der Waals surface area contributed by atoms with E-state index in [0.29, 0.717) is 17.2 Å². The van der Waals surface area contributed by atoms with Gasteiger partial charge in [-0.3, -0.25) is 9.79 Å². The number of rotatable bonds is 5. The van der Waals surface area contributed by atoms with Crippen molar-refractivity contribution in [2.45, 2.75) is 38.3 Å². The van der Waals surface area contributed by atoms with Crippen LogP contribution in [0.2, 0.25) is 0 Å². The number of nitrogens with zero attached hydrogens (tertiary/aromatic N) is 2. The van der Waals surface area contributed by atoms with Crippen molar-refractivity contribution in [2.75, 3.05) is 18.2 Å². The summed E-state index contributed by atoms with van der Waals surface area (Å²) in [4.78, 5) is 34.8. The molecule has 0 unspecified atom stereocenters. The summed E-state index contributed by atoms with van der Waals surface area (Å²) in [5.41, 5.74) is 2.26. The third-order valence-corrected chi connectivity index (χ3v) is 6.87. The van der Waals surface area contributed by atoms with E-state index in [1.807, 2.05) is 30.3 Å². The number of anilines is 1. The summed E-state index contributed by atoms with van der Waals surface area (Å²) in [6, 6.07) is 16.8. The minimum atomic E-state index is -0.485. The molecule has 1 spiro atoms. The Morgan fingerprint density at radius 3 is 2.47 bits per heavy atom. The van der Waals surface area contributed by atoms with E-state index in [2.05, 4.69) is 12.2 Å². The first-order chi connectivity index (χ1) is 15.5. The number of methoxy groups -OCH3 is 1. The number of para-hydroxylation sites is 1. The van der Waals surface area contributed by atoms with Crippen LogP contribution < -0.4 is 5.32 Å². The van der Waals surface area contributed by atoms with Crippen LogP contribution in [0.15, 0.2) is 64.6 Å². The van der Waals surface area contributed by atoms with Gasteiger partial charge in [0.05, 0.1) is 29.8 Å². The molecule has 4 rings (SSSR count). The second-order valence-corrected chi connectivity index (χ2v) is 9.25. The smallest absolute Gasteiger partial charge is 0.339 e. The largest absolute Gasteiger partial charge is 0.465 e. The van der Waals surface area contributed by atoms with Crippen molar-refractivity contribution in [3.05, 3.63) is 65.7 Å². The van der Waals surface area contributed by atoms with E-state index in [0.717, 1.165) is 42.0 Å². The molecule has 1 heterocycles. The fraction of sp³-hybridized carbons (Fsp3) is 0.360. The van der Waals surface area contributed by atoms with Gasteiger partial charge in [0.15, 0.2) is 5.66 Å². The quantitative estimate of drug-likeness (QED) is 0.655. The van der Waals surface area contributed by atoms with Gasteiger partial charge in [-0.05, 0) is 43.7 Å². The molecule has 2 aromatic rings. The monoisotopic (exact) mass is 449 g/mol. The normalized spacial score (nSPS) is 22.2. The summed E-state index contributed by atoms with van der Waals surface area (Å²) in [6.07, 6.45) is 4.09. The van der Waals surface area contributed by atoms with Gasteiger partial charge in [-0.2, -0.15) is 0 Å². The molecule has 1 amide bonds. The molecule has 1 N–H and O–H groups in total. The summed E-state index contributed by atoms with van der Waals surface area (Å²) < 4.78 is 4.80. The predicted molar refractivity (Wildman–Crippen MR) is 130 cm³/mol. The van der Waals surface area contributed by atoms with Crippen molar-refractivity contribution < 1.29 is 14.3 Å². The van der Waals surface area contributed by atoms with Gasteiger partial charge in [0.2, 0.25) is 5.91 Å². The van der Waals surface area contributed by atoms with Crippen LogP contribution in [-0.4, -0.2) is 41.2 Å². The van der Waals surface area contributed by atoms with Gasteiger partial charge in [-0.1, -0.05) is 61.2 Å². The van der Waals surface area contributed by atoms with Crippen molar-refractivity contribution in [1.29, 1.82) is 0 Å². The first-order valence-corrected chi connectivity index (χ1v) is 11.8. The number of benzene rings is 2. The number of nitrogens with one attached hydrogen (secondary N) is 1. The molecule has 1 fully saturated rings. The lowest BCUT2D eigenvalue weighted by Crippen LogP contribution is -2.28. The zero-order valence-electron chi connectivity index (χ0n) is 18.3. The SMILES string of the molecule is COC(=O)c1ccccc1NC(=O)CSC1=NC2(CCC(C)CC2)N=C1c1ccccc1. The van der Waals surface area contributed by atoms with Gasteiger partial charge in [0.25, 0.3) is 0 Å². The van der Waals surface area contributed by atoms with Crippen molar-refractivity contribution in [1.82, 2.24) is 0 Å². The number of thioether (sulfide) groups is 1. The van der Waals surface area contributed by atoms with Crippen LogP contribution in [0.5, 0.6) is 0 Å². The highest BCUT2D eigenvalue weighted by Gasteiger charge is 2.39. The minimum absolute atomic E-state index is 0.173. The lowest BCUT2D eigenvalue weighted by molar-refractivity contribution is -0.113. The van der Waals surface area contributed by atoms with E-state index >= 15 is 0 Å². The number of hydrogen-bond donors (Lipinski definition) is 1. The molecule has 0 bridgehead atoms. The summed E-state index contributed by atoms with van der Waals surface area (Å²) >= 11 is 1.39. The van der Waals surface area contributed by atoms with Gasteiger partial charge < -0.3 is 10.1 Å². The van der Waals surface area contributed by atoms with E-state index in [9.17, 15) is 9.59 Å². The summed E-state index contributed by atoms with van der Waals surface area (Å²) in [5.74, 6) is 0.177. The fourth-order valence-corrected chi connectivity index (χ4v) is 4.93. The van der Waals surface area contributed by atoms with E-state index in [1.54, 1.807) is 24.3 Å². The third-order valence-electron chi connectivity index (χ3n) is 5.90. The highest BCUT2D eigenvalue weighted by atomic mass is 32.2. The van der Waals surface area contributed by atoms with Crippen LogP contribution >= 0.6 is 11.8 Å². The molecule has 166 valence electrons. The number of esters is 1. The summed E-state index contributed by atoms with van der Waals surface area (Å²) in [6.45, 7) is 2.28. The molecule has 0 atom stereocenters. The minimum Gasteiger partial charge on any atom is -0.465 e. The van der Waals surface area contributed by atoms with Crippen molar-refractivity contribution in [3.8, 4) is 0 Å². The average Bonchev–Trinajstić information content (AvgIpc) is 3.18. The topological polar surface area (TPSA) is 80.1 Å². The van der Waals surface area contributed by atoms with Gasteiger partial charge in [0.1, 0.15) is 5.04 Å². The maximum Gasteiger partial charge on any atom is 0.339 e. The molecule has 0 saturated heterocycles. The number of hydrogen-bond acceptors (Lipinski definition) is 6. The average molecular weight is 450 g/mol.